The van der Waals surface area contributed by atoms with Crippen molar-refractivity contribution in [3.8, 4) is 0 Å². The zero-order chi connectivity index (χ0) is 9.30. The Kier molecular flexibility index (Phi) is 2.03. The number of hydrogen-bond acceptors (Lipinski definition) is 3. The number of aromatic nitrogens is 2. The maximum atomic E-state index is 11.0. The van der Waals surface area contributed by atoms with Gasteiger partial charge in [-0.1, -0.05) is 0 Å². The van der Waals surface area contributed by atoms with E-state index in [1.165, 1.54) is 22.5 Å². The second-order valence-corrected chi connectivity index (χ2v) is 2.41. The van der Waals surface area contributed by atoms with Gasteiger partial charge in [0.25, 0.3) is 5.56 Å². The Morgan fingerprint density at radius 2 is 2.00 bits per heavy atom. The molecule has 0 aromatic carbocycles. The van der Waals surface area contributed by atoms with E-state index in [-0.39, 0.29) is 11.3 Å². The van der Waals surface area contributed by atoms with Gasteiger partial charge >= 0.3 is 5.97 Å². The van der Waals surface area contributed by atoms with Crippen LogP contribution in [0.25, 0.3) is 0 Å². The Morgan fingerprint density at radius 1 is 1.42 bits per heavy atom. The third-order valence-corrected chi connectivity index (χ3v) is 1.77. The van der Waals surface area contributed by atoms with Crippen LogP contribution in [-0.4, -0.2) is 22.4 Å². The summed E-state index contributed by atoms with van der Waals surface area (Å²) >= 11 is 0. The fourth-order valence-corrected chi connectivity index (χ4v) is 0.909. The minimum atomic E-state index is -0.504. The highest BCUT2D eigenvalue weighted by Gasteiger charge is 2.12. The van der Waals surface area contributed by atoms with Gasteiger partial charge in [0.15, 0.2) is 0 Å². The first-order chi connectivity index (χ1) is 5.57. The van der Waals surface area contributed by atoms with Gasteiger partial charge in [-0.3, -0.25) is 14.2 Å². The molecule has 0 atom stereocenters. The molecule has 5 heteroatoms. The van der Waals surface area contributed by atoms with Crippen LogP contribution >= 0.6 is 0 Å². The van der Waals surface area contributed by atoms with Gasteiger partial charge in [0.2, 0.25) is 0 Å². The van der Waals surface area contributed by atoms with E-state index in [4.69, 9.17) is 0 Å². The van der Waals surface area contributed by atoms with Gasteiger partial charge < -0.3 is 4.74 Å². The lowest BCUT2D eigenvalue weighted by atomic mass is 10.4. The molecule has 1 aromatic rings. The van der Waals surface area contributed by atoms with Gasteiger partial charge in [-0.25, -0.2) is 4.79 Å². The molecule has 0 bridgehead atoms. The number of nitrogens with zero attached hydrogens (tertiary/aromatic N) is 2. The van der Waals surface area contributed by atoms with Crippen LogP contribution in [0.4, 0.5) is 0 Å². The van der Waals surface area contributed by atoms with Gasteiger partial charge in [0.05, 0.1) is 7.11 Å². The van der Waals surface area contributed by atoms with Crippen molar-refractivity contribution in [1.82, 2.24) is 9.36 Å². The lowest BCUT2D eigenvalue weighted by Crippen LogP contribution is -2.18. The summed E-state index contributed by atoms with van der Waals surface area (Å²) in [6.07, 6.45) is 0. The molecular formula is C7H10N2O3. The van der Waals surface area contributed by atoms with Gasteiger partial charge in [0.1, 0.15) is 5.69 Å². The summed E-state index contributed by atoms with van der Waals surface area (Å²) < 4.78 is 7.24. The lowest BCUT2D eigenvalue weighted by Gasteiger charge is -2.02. The first-order valence-corrected chi connectivity index (χ1v) is 3.39. The maximum absolute atomic E-state index is 11.0. The van der Waals surface area contributed by atoms with Crippen molar-refractivity contribution in [3.05, 3.63) is 22.1 Å². The predicted octanol–water partition coefficient (Wildman–Crippen LogP) is -0.490. The molecule has 1 rings (SSSR count). The minimum Gasteiger partial charge on any atom is -0.464 e. The summed E-state index contributed by atoms with van der Waals surface area (Å²) in [4.78, 5) is 22.0. The second-order valence-electron chi connectivity index (χ2n) is 2.41. The molecule has 0 spiro atoms. The molecule has 0 saturated heterocycles. The molecule has 0 fully saturated rings. The Hall–Kier alpha value is -1.52. The average Bonchev–Trinajstić information content (AvgIpc) is 2.32. The molecule has 1 heterocycles. The van der Waals surface area contributed by atoms with E-state index in [1.54, 1.807) is 14.1 Å². The predicted molar refractivity (Wildman–Crippen MR) is 42.0 cm³/mol. The highest BCUT2D eigenvalue weighted by molar-refractivity contribution is 5.87. The first kappa shape index (κ1) is 8.58. The summed E-state index contributed by atoms with van der Waals surface area (Å²) in [6.45, 7) is 0. The number of carbonyl (C=O) groups excluding carboxylic acids is 1. The van der Waals surface area contributed by atoms with Gasteiger partial charge in [-0.15, -0.1) is 0 Å². The van der Waals surface area contributed by atoms with Crippen molar-refractivity contribution in [2.45, 2.75) is 0 Å². The normalized spacial score (nSPS) is 9.92. The number of esters is 1. The van der Waals surface area contributed by atoms with Crippen LogP contribution in [0.1, 0.15) is 10.5 Å². The van der Waals surface area contributed by atoms with Crippen LogP contribution in [-0.2, 0) is 18.8 Å². The van der Waals surface area contributed by atoms with Gasteiger partial charge in [0, 0.05) is 20.2 Å². The van der Waals surface area contributed by atoms with Crippen LogP contribution in [0.3, 0.4) is 0 Å². The molecule has 0 radical (unpaired) electrons. The third-order valence-electron chi connectivity index (χ3n) is 1.77. The summed E-state index contributed by atoms with van der Waals surface area (Å²) in [5.74, 6) is -0.504. The molecule has 0 amide bonds. The van der Waals surface area contributed by atoms with E-state index in [2.05, 4.69) is 4.74 Å². The molecule has 66 valence electrons. The van der Waals surface area contributed by atoms with E-state index < -0.39 is 5.97 Å². The van der Waals surface area contributed by atoms with Crippen LogP contribution in [0.2, 0.25) is 0 Å². The van der Waals surface area contributed by atoms with Crippen LogP contribution in [0, 0.1) is 0 Å². The summed E-state index contributed by atoms with van der Waals surface area (Å²) in [5, 5.41) is 0. The summed E-state index contributed by atoms with van der Waals surface area (Å²) in [7, 11) is 4.47. The Labute approximate surface area is 69.1 Å². The standard InChI is InChI=1S/C7H10N2O3/c1-8-5(7(11)12-3)4-6(10)9(8)2/h4H,1-3H3. The van der Waals surface area contributed by atoms with Crippen molar-refractivity contribution in [2.24, 2.45) is 14.1 Å². The quantitative estimate of drug-likeness (QED) is 0.534. The summed E-state index contributed by atoms with van der Waals surface area (Å²) in [5.41, 5.74) is 0.0305. The molecule has 12 heavy (non-hydrogen) atoms. The first-order valence-electron chi connectivity index (χ1n) is 3.39. The monoisotopic (exact) mass is 170 g/mol. The van der Waals surface area contributed by atoms with Crippen LogP contribution in [0.5, 0.6) is 0 Å². The Morgan fingerprint density at radius 3 is 2.33 bits per heavy atom. The highest BCUT2D eigenvalue weighted by Crippen LogP contribution is 1.95. The Bertz CT molecular complexity index is 361. The minimum absolute atomic E-state index is 0.224. The van der Waals surface area contributed by atoms with Gasteiger partial charge in [-0.05, 0) is 0 Å². The van der Waals surface area contributed by atoms with Crippen molar-refractivity contribution in [1.29, 1.82) is 0 Å². The van der Waals surface area contributed by atoms with E-state index in [1.807, 2.05) is 0 Å². The number of carbonyl (C=O) groups is 1. The smallest absolute Gasteiger partial charge is 0.356 e. The van der Waals surface area contributed by atoms with E-state index in [0.717, 1.165) is 0 Å². The topological polar surface area (TPSA) is 53.2 Å². The van der Waals surface area contributed by atoms with Crippen molar-refractivity contribution < 1.29 is 9.53 Å². The highest BCUT2D eigenvalue weighted by atomic mass is 16.5. The molecule has 0 aliphatic heterocycles. The molecule has 0 saturated carbocycles. The summed E-state index contributed by atoms with van der Waals surface area (Å²) in [6, 6.07) is 1.24. The second kappa shape index (κ2) is 2.84. The van der Waals surface area contributed by atoms with E-state index >= 15 is 0 Å². The van der Waals surface area contributed by atoms with Crippen molar-refractivity contribution in [3.63, 3.8) is 0 Å². The van der Waals surface area contributed by atoms with Crippen molar-refractivity contribution >= 4 is 5.97 Å². The largest absolute Gasteiger partial charge is 0.464 e. The number of rotatable bonds is 1. The maximum Gasteiger partial charge on any atom is 0.356 e. The molecule has 0 aliphatic rings. The van der Waals surface area contributed by atoms with E-state index in [9.17, 15) is 9.59 Å². The SMILES string of the molecule is COC(=O)c1cc(=O)n(C)n1C. The number of ether oxygens (including phenoxy) is 1. The molecule has 0 unspecified atom stereocenters. The molecule has 5 nitrogen and oxygen atoms in total. The molecule has 1 aromatic heterocycles. The fraction of sp³-hybridized carbons (Fsp3) is 0.429. The van der Waals surface area contributed by atoms with E-state index in [0.29, 0.717) is 0 Å². The number of methoxy groups -OCH3 is 1. The molecule has 0 aliphatic carbocycles. The van der Waals surface area contributed by atoms with Crippen LogP contribution < -0.4 is 5.56 Å². The fourth-order valence-electron chi connectivity index (χ4n) is 0.909. The number of hydrogen-bond donors (Lipinski definition) is 0. The zero-order valence-corrected chi connectivity index (χ0v) is 7.20. The lowest BCUT2D eigenvalue weighted by molar-refractivity contribution is 0.0586. The zero-order valence-electron chi connectivity index (χ0n) is 7.20. The van der Waals surface area contributed by atoms with Gasteiger partial charge in [-0.2, -0.15) is 0 Å². The van der Waals surface area contributed by atoms with Crippen molar-refractivity contribution in [2.75, 3.05) is 7.11 Å². The molecule has 0 N–H and O–H groups in total. The molecular weight excluding hydrogens is 160 g/mol. The third kappa shape index (κ3) is 1.13. The average molecular weight is 170 g/mol. The Balaban J connectivity index is 3.27. The van der Waals surface area contributed by atoms with Crippen LogP contribution in [0.15, 0.2) is 10.9 Å².